The second kappa shape index (κ2) is 8.07. The van der Waals surface area contributed by atoms with Crippen molar-refractivity contribution in [1.29, 1.82) is 0 Å². The largest absolute Gasteiger partial charge is 0.341 e. The number of carbonyl (C=O) groups excluding carboxylic acids is 1. The van der Waals surface area contributed by atoms with Gasteiger partial charge in [0.15, 0.2) is 0 Å². The van der Waals surface area contributed by atoms with Gasteiger partial charge in [-0.1, -0.05) is 30.3 Å². The molecule has 0 unspecified atom stereocenters. The monoisotopic (exact) mass is 434 g/mol. The lowest BCUT2D eigenvalue weighted by Crippen LogP contribution is -2.39. The van der Waals surface area contributed by atoms with E-state index in [0.717, 1.165) is 5.56 Å². The summed E-state index contributed by atoms with van der Waals surface area (Å²) < 4.78 is 54.8. The summed E-state index contributed by atoms with van der Waals surface area (Å²) >= 11 is 0. The lowest BCUT2D eigenvalue weighted by Gasteiger charge is -2.18. The van der Waals surface area contributed by atoms with E-state index in [1.54, 1.807) is 24.0 Å². The molecule has 2 aliphatic rings. The fourth-order valence-corrected chi connectivity index (χ4v) is 5.11. The van der Waals surface area contributed by atoms with Crippen molar-refractivity contribution in [3.05, 3.63) is 59.7 Å². The summed E-state index contributed by atoms with van der Waals surface area (Å²) in [5.74, 6) is -1.62. The van der Waals surface area contributed by atoms with Crippen molar-refractivity contribution >= 4 is 15.9 Å². The summed E-state index contributed by atoms with van der Waals surface area (Å²) in [5.41, 5.74) is 1.17. The zero-order valence-corrected chi connectivity index (χ0v) is 17.5. The molecule has 5 nitrogen and oxygen atoms in total. The maximum atomic E-state index is 14.3. The first-order valence-corrected chi connectivity index (χ1v) is 11.8. The Hall–Kier alpha value is -2.32. The van der Waals surface area contributed by atoms with Crippen LogP contribution in [0.4, 0.5) is 8.78 Å². The second-order valence-electron chi connectivity index (χ2n) is 7.92. The number of nitrogens with one attached hydrogen (secondary N) is 1. The molecule has 8 heteroatoms. The number of rotatable bonds is 6. The van der Waals surface area contributed by atoms with Gasteiger partial charge in [0.25, 0.3) is 0 Å². The van der Waals surface area contributed by atoms with Crippen LogP contribution in [0.15, 0.2) is 42.5 Å². The van der Waals surface area contributed by atoms with Gasteiger partial charge in [-0.3, -0.25) is 4.79 Å². The quantitative estimate of drug-likeness (QED) is 0.759. The first-order valence-electron chi connectivity index (χ1n) is 10.1. The number of nitrogens with zero attached hydrogens (tertiary/aromatic N) is 1. The van der Waals surface area contributed by atoms with Crippen molar-refractivity contribution in [3.63, 3.8) is 0 Å². The number of sulfonamides is 1. The number of amides is 1. The van der Waals surface area contributed by atoms with Gasteiger partial charge in [0, 0.05) is 25.0 Å². The van der Waals surface area contributed by atoms with Gasteiger partial charge in [-0.2, -0.15) is 0 Å². The number of hydrogen-bond donors (Lipinski definition) is 1. The molecular formula is C22H24F2N2O3S. The fourth-order valence-electron chi connectivity index (χ4n) is 4.24. The van der Waals surface area contributed by atoms with Crippen molar-refractivity contribution in [1.82, 2.24) is 9.62 Å². The molecule has 0 radical (unpaired) electrons. The van der Waals surface area contributed by atoms with Gasteiger partial charge < -0.3 is 4.90 Å². The highest BCUT2D eigenvalue weighted by atomic mass is 32.2. The van der Waals surface area contributed by atoms with Gasteiger partial charge in [-0.05, 0) is 48.9 Å². The Balaban J connectivity index is 1.49. The highest BCUT2D eigenvalue weighted by Gasteiger charge is 2.48. The molecule has 0 aromatic heterocycles. The molecular weight excluding hydrogens is 410 g/mol. The van der Waals surface area contributed by atoms with E-state index >= 15 is 0 Å². The predicted molar refractivity (Wildman–Crippen MR) is 110 cm³/mol. The molecule has 0 spiro atoms. The van der Waals surface area contributed by atoms with Crippen LogP contribution in [-0.2, 0) is 14.8 Å². The number of likely N-dealkylation sites (tertiary alicyclic amines) is 1. The van der Waals surface area contributed by atoms with Crippen molar-refractivity contribution < 1.29 is 22.0 Å². The Morgan fingerprint density at radius 2 is 1.83 bits per heavy atom. The van der Waals surface area contributed by atoms with Crippen molar-refractivity contribution in [3.8, 4) is 11.1 Å². The molecule has 1 aliphatic heterocycles. The third kappa shape index (κ3) is 4.11. The van der Waals surface area contributed by atoms with Gasteiger partial charge in [0.2, 0.25) is 15.9 Å². The number of benzene rings is 2. The van der Waals surface area contributed by atoms with Gasteiger partial charge >= 0.3 is 0 Å². The van der Waals surface area contributed by atoms with Crippen molar-refractivity contribution in [2.24, 2.45) is 5.92 Å². The van der Waals surface area contributed by atoms with E-state index < -0.39 is 21.7 Å². The Labute approximate surface area is 175 Å². The summed E-state index contributed by atoms with van der Waals surface area (Å²) in [6, 6.07) is 10.6. The predicted octanol–water partition coefficient (Wildman–Crippen LogP) is 3.28. The molecule has 4 rings (SSSR count). The van der Waals surface area contributed by atoms with Gasteiger partial charge in [-0.25, -0.2) is 21.9 Å². The van der Waals surface area contributed by atoms with Crippen LogP contribution in [0.2, 0.25) is 0 Å². The topological polar surface area (TPSA) is 66.5 Å². The number of carbonyl (C=O) groups is 1. The first-order chi connectivity index (χ1) is 14.3. The Morgan fingerprint density at radius 3 is 2.53 bits per heavy atom. The maximum Gasteiger partial charge on any atom is 0.226 e. The van der Waals surface area contributed by atoms with E-state index in [9.17, 15) is 22.0 Å². The average Bonchev–Trinajstić information content (AvgIpc) is 3.38. The summed E-state index contributed by atoms with van der Waals surface area (Å²) in [7, 11) is -3.31. The van der Waals surface area contributed by atoms with Crippen LogP contribution in [0.25, 0.3) is 11.1 Å². The zero-order valence-electron chi connectivity index (χ0n) is 16.6. The first kappa shape index (κ1) is 20.9. The van der Waals surface area contributed by atoms with Gasteiger partial charge in [0.1, 0.15) is 11.6 Å². The lowest BCUT2D eigenvalue weighted by atomic mass is 9.95. The van der Waals surface area contributed by atoms with E-state index in [2.05, 4.69) is 4.72 Å². The van der Waals surface area contributed by atoms with E-state index in [1.165, 1.54) is 18.2 Å². The summed E-state index contributed by atoms with van der Waals surface area (Å²) in [6.45, 7) is 2.43. The molecule has 3 atom stereocenters. The number of halogens is 2. The van der Waals surface area contributed by atoms with Crippen LogP contribution in [0, 0.1) is 17.6 Å². The van der Waals surface area contributed by atoms with E-state index in [4.69, 9.17) is 0 Å². The minimum absolute atomic E-state index is 0.00549. The smallest absolute Gasteiger partial charge is 0.226 e. The van der Waals surface area contributed by atoms with Crippen molar-refractivity contribution in [2.45, 2.75) is 31.7 Å². The minimum atomic E-state index is -3.31. The molecule has 1 saturated heterocycles. The van der Waals surface area contributed by atoms with Crippen LogP contribution in [0.1, 0.15) is 31.2 Å². The Kier molecular flexibility index (Phi) is 5.63. The molecule has 1 N–H and O–H groups in total. The molecule has 2 fully saturated rings. The van der Waals surface area contributed by atoms with Crippen LogP contribution < -0.4 is 4.72 Å². The minimum Gasteiger partial charge on any atom is -0.341 e. The highest BCUT2D eigenvalue weighted by Crippen LogP contribution is 2.51. The van der Waals surface area contributed by atoms with Gasteiger partial charge in [0.05, 0.1) is 11.3 Å². The normalized spacial score (nSPS) is 23.6. The molecule has 30 heavy (non-hydrogen) atoms. The molecule has 1 amide bonds. The SMILES string of the molecule is CCS(=O)(=O)N[C@H]1CCN(C(=O)[C@@H]2C[C@H]2c2ccccc2-c2c(F)cccc2F)C1. The molecule has 1 aliphatic carbocycles. The summed E-state index contributed by atoms with van der Waals surface area (Å²) in [5, 5.41) is 0. The third-order valence-corrected chi connectivity index (χ3v) is 7.38. The van der Waals surface area contributed by atoms with Crippen molar-refractivity contribution in [2.75, 3.05) is 18.8 Å². The summed E-state index contributed by atoms with van der Waals surface area (Å²) in [6.07, 6.45) is 1.20. The van der Waals surface area contributed by atoms with E-state index in [1.807, 2.05) is 12.1 Å². The second-order valence-corrected chi connectivity index (χ2v) is 9.97. The molecule has 160 valence electrons. The molecule has 0 bridgehead atoms. The van der Waals surface area contributed by atoms with Crippen LogP contribution in [0.5, 0.6) is 0 Å². The van der Waals surface area contributed by atoms with E-state index in [0.29, 0.717) is 31.5 Å². The molecule has 1 heterocycles. The standard InChI is InChI=1S/C22H24F2N2O3S/c1-2-30(28,29)25-14-10-11-26(13-14)22(27)18-12-17(18)15-6-3-4-7-16(15)21-19(23)8-5-9-20(21)24/h3-9,14,17-18,25H,2,10-13H2,1H3/t14-,17-,18+/m0/s1. The third-order valence-electron chi connectivity index (χ3n) is 5.93. The molecule has 1 saturated carbocycles. The number of hydrogen-bond acceptors (Lipinski definition) is 3. The van der Waals surface area contributed by atoms with Gasteiger partial charge in [-0.15, -0.1) is 0 Å². The highest BCUT2D eigenvalue weighted by molar-refractivity contribution is 7.89. The van der Waals surface area contributed by atoms with Crippen LogP contribution in [0.3, 0.4) is 0 Å². The zero-order chi connectivity index (χ0) is 21.5. The average molecular weight is 435 g/mol. The molecule has 2 aromatic carbocycles. The van der Waals surface area contributed by atoms with Crippen LogP contribution in [-0.4, -0.2) is 44.1 Å². The Morgan fingerprint density at radius 1 is 1.13 bits per heavy atom. The Bertz CT molecular complexity index is 1050. The summed E-state index contributed by atoms with van der Waals surface area (Å²) in [4.78, 5) is 14.6. The fraction of sp³-hybridized carbons (Fsp3) is 0.409. The maximum absolute atomic E-state index is 14.3. The van der Waals surface area contributed by atoms with Crippen LogP contribution >= 0.6 is 0 Å². The molecule has 2 aromatic rings. The lowest BCUT2D eigenvalue weighted by molar-refractivity contribution is -0.131. The van der Waals surface area contributed by atoms with E-state index in [-0.39, 0.29) is 35.1 Å².